The molecule has 5 nitrogen and oxygen atoms in total. The Morgan fingerprint density at radius 1 is 1.41 bits per heavy atom. The minimum Gasteiger partial charge on any atom is -0.477 e. The van der Waals surface area contributed by atoms with Crippen LogP contribution in [0.15, 0.2) is 12.1 Å². The van der Waals surface area contributed by atoms with Crippen LogP contribution in [-0.2, 0) is 9.53 Å². The number of thiophene rings is 1. The van der Waals surface area contributed by atoms with Gasteiger partial charge in [0.2, 0.25) is 5.91 Å². The summed E-state index contributed by atoms with van der Waals surface area (Å²) in [6.45, 7) is 3.03. The van der Waals surface area contributed by atoms with Crippen LogP contribution >= 0.6 is 11.3 Å². The van der Waals surface area contributed by atoms with Gasteiger partial charge in [-0.15, -0.1) is 11.3 Å². The Balaban J connectivity index is 2.32. The first-order chi connectivity index (χ1) is 8.13. The van der Waals surface area contributed by atoms with Crippen LogP contribution < -0.4 is 5.32 Å². The van der Waals surface area contributed by atoms with Gasteiger partial charge in [-0.2, -0.15) is 0 Å². The summed E-state index contributed by atoms with van der Waals surface area (Å²) in [7, 11) is 0. The molecule has 17 heavy (non-hydrogen) atoms. The number of carboxylic acid groups (broad SMARTS) is 1. The summed E-state index contributed by atoms with van der Waals surface area (Å²) < 4.78 is 5.18. The molecule has 0 spiro atoms. The van der Waals surface area contributed by atoms with Crippen LogP contribution in [0.4, 0.5) is 5.00 Å². The summed E-state index contributed by atoms with van der Waals surface area (Å²) in [6, 6.07) is 3.05. The van der Waals surface area contributed by atoms with E-state index in [4.69, 9.17) is 9.84 Å². The minimum absolute atomic E-state index is 0.167. The number of carboxylic acids is 1. The highest BCUT2D eigenvalue weighted by atomic mass is 32.1. The van der Waals surface area contributed by atoms with E-state index in [1.807, 2.05) is 6.92 Å². The number of rotatable bonds is 7. The lowest BCUT2D eigenvalue weighted by atomic mass is 10.4. The second-order valence-corrected chi connectivity index (χ2v) is 4.46. The van der Waals surface area contributed by atoms with E-state index in [0.29, 0.717) is 18.2 Å². The summed E-state index contributed by atoms with van der Waals surface area (Å²) in [5.74, 6) is -1.15. The maximum atomic E-state index is 11.4. The zero-order chi connectivity index (χ0) is 12.7. The fourth-order valence-electron chi connectivity index (χ4n) is 1.13. The largest absolute Gasteiger partial charge is 0.477 e. The minimum atomic E-state index is -0.984. The van der Waals surface area contributed by atoms with Gasteiger partial charge >= 0.3 is 5.97 Å². The van der Waals surface area contributed by atoms with Crippen LogP contribution in [0.5, 0.6) is 0 Å². The number of amides is 1. The van der Waals surface area contributed by atoms with Gasteiger partial charge in [-0.1, -0.05) is 6.92 Å². The van der Waals surface area contributed by atoms with Crippen LogP contribution in [-0.4, -0.2) is 30.2 Å². The molecule has 94 valence electrons. The molecule has 1 amide bonds. The lowest BCUT2D eigenvalue weighted by Crippen LogP contribution is -2.13. The maximum Gasteiger partial charge on any atom is 0.345 e. The molecule has 1 aromatic rings. The molecule has 0 radical (unpaired) electrons. The standard InChI is InChI=1S/C11H15NO4S/c1-2-6-16-7-5-9(13)12-10-4-3-8(17-10)11(14)15/h3-4H,2,5-7H2,1H3,(H,12,13)(H,14,15). The third-order valence-corrected chi connectivity index (χ3v) is 2.89. The molecule has 0 saturated heterocycles. The smallest absolute Gasteiger partial charge is 0.345 e. The van der Waals surface area contributed by atoms with E-state index in [1.54, 1.807) is 6.07 Å². The van der Waals surface area contributed by atoms with Gasteiger partial charge in [-0.25, -0.2) is 4.79 Å². The van der Waals surface area contributed by atoms with Crippen molar-refractivity contribution in [2.45, 2.75) is 19.8 Å². The van der Waals surface area contributed by atoms with Gasteiger partial charge in [0.25, 0.3) is 0 Å². The van der Waals surface area contributed by atoms with E-state index >= 15 is 0 Å². The van der Waals surface area contributed by atoms with Gasteiger partial charge in [0.1, 0.15) is 4.88 Å². The highest BCUT2D eigenvalue weighted by Crippen LogP contribution is 2.21. The second kappa shape index (κ2) is 7.03. The summed E-state index contributed by atoms with van der Waals surface area (Å²) in [5.41, 5.74) is 0. The van der Waals surface area contributed by atoms with E-state index in [1.165, 1.54) is 6.07 Å². The van der Waals surface area contributed by atoms with Crippen LogP contribution in [0.3, 0.4) is 0 Å². The topological polar surface area (TPSA) is 75.6 Å². The Bertz CT molecular complexity index is 389. The van der Waals surface area contributed by atoms with Gasteiger partial charge in [-0.05, 0) is 18.6 Å². The zero-order valence-electron chi connectivity index (χ0n) is 9.56. The molecule has 0 aromatic carbocycles. The molecule has 0 aliphatic carbocycles. The van der Waals surface area contributed by atoms with Crippen LogP contribution in [0.1, 0.15) is 29.4 Å². The van der Waals surface area contributed by atoms with E-state index in [9.17, 15) is 9.59 Å². The molecule has 1 rings (SSSR count). The Kier molecular flexibility index (Phi) is 5.65. The Hall–Kier alpha value is -1.40. The highest BCUT2D eigenvalue weighted by molar-refractivity contribution is 7.18. The first-order valence-corrected chi connectivity index (χ1v) is 6.16. The van der Waals surface area contributed by atoms with Gasteiger partial charge in [0.05, 0.1) is 18.0 Å². The monoisotopic (exact) mass is 257 g/mol. The molecule has 0 bridgehead atoms. The van der Waals surface area contributed by atoms with Crippen LogP contribution in [0.2, 0.25) is 0 Å². The van der Waals surface area contributed by atoms with Gasteiger partial charge in [-0.3, -0.25) is 4.79 Å². The number of ether oxygens (including phenoxy) is 1. The quantitative estimate of drug-likeness (QED) is 0.734. The molecule has 6 heteroatoms. The van der Waals surface area contributed by atoms with E-state index in [-0.39, 0.29) is 17.2 Å². The number of anilines is 1. The Morgan fingerprint density at radius 2 is 2.18 bits per heavy atom. The number of nitrogens with one attached hydrogen (secondary N) is 1. The number of hydrogen-bond acceptors (Lipinski definition) is 4. The molecule has 1 aromatic heterocycles. The summed E-state index contributed by atoms with van der Waals surface area (Å²) in [4.78, 5) is 22.3. The summed E-state index contributed by atoms with van der Waals surface area (Å²) in [6.07, 6.45) is 1.20. The molecule has 0 saturated carbocycles. The average Bonchev–Trinajstić information content (AvgIpc) is 2.73. The van der Waals surface area contributed by atoms with Crippen molar-refractivity contribution < 1.29 is 19.4 Å². The van der Waals surface area contributed by atoms with Gasteiger partial charge in [0.15, 0.2) is 0 Å². The van der Waals surface area contributed by atoms with Crippen molar-refractivity contribution >= 4 is 28.2 Å². The van der Waals surface area contributed by atoms with E-state index < -0.39 is 5.97 Å². The van der Waals surface area contributed by atoms with Crippen molar-refractivity contribution in [1.29, 1.82) is 0 Å². The lowest BCUT2D eigenvalue weighted by Gasteiger charge is -2.03. The predicted octanol–water partition coefficient (Wildman–Crippen LogP) is 2.20. The van der Waals surface area contributed by atoms with Crippen molar-refractivity contribution in [1.82, 2.24) is 0 Å². The fourth-order valence-corrected chi connectivity index (χ4v) is 1.89. The SMILES string of the molecule is CCCOCCC(=O)Nc1ccc(C(=O)O)s1. The molecule has 0 fully saturated rings. The molecule has 1 heterocycles. The fraction of sp³-hybridized carbons (Fsp3) is 0.455. The van der Waals surface area contributed by atoms with Gasteiger partial charge in [0, 0.05) is 6.61 Å². The molecular weight excluding hydrogens is 242 g/mol. The number of hydrogen-bond donors (Lipinski definition) is 2. The Labute approximate surface area is 103 Å². The molecule has 0 aliphatic rings. The summed E-state index contributed by atoms with van der Waals surface area (Å²) >= 11 is 1.04. The molecule has 2 N–H and O–H groups in total. The van der Waals surface area contributed by atoms with Crippen molar-refractivity contribution in [3.05, 3.63) is 17.0 Å². The first-order valence-electron chi connectivity index (χ1n) is 5.34. The van der Waals surface area contributed by atoms with Crippen molar-refractivity contribution in [2.75, 3.05) is 18.5 Å². The third kappa shape index (κ3) is 4.97. The van der Waals surface area contributed by atoms with Crippen molar-refractivity contribution in [3.8, 4) is 0 Å². The highest BCUT2D eigenvalue weighted by Gasteiger charge is 2.09. The van der Waals surface area contributed by atoms with Crippen molar-refractivity contribution in [2.24, 2.45) is 0 Å². The first kappa shape index (κ1) is 13.7. The molecule has 0 unspecified atom stereocenters. The number of carbonyl (C=O) groups is 2. The van der Waals surface area contributed by atoms with Gasteiger partial charge < -0.3 is 15.2 Å². The lowest BCUT2D eigenvalue weighted by molar-refractivity contribution is -0.117. The van der Waals surface area contributed by atoms with E-state index in [0.717, 1.165) is 17.8 Å². The zero-order valence-corrected chi connectivity index (χ0v) is 10.4. The Morgan fingerprint density at radius 3 is 2.76 bits per heavy atom. The number of carbonyl (C=O) groups excluding carboxylic acids is 1. The normalized spacial score (nSPS) is 10.2. The summed E-state index contributed by atoms with van der Waals surface area (Å²) in [5, 5.41) is 11.9. The maximum absolute atomic E-state index is 11.4. The van der Waals surface area contributed by atoms with E-state index in [2.05, 4.69) is 5.32 Å². The predicted molar refractivity (Wildman–Crippen MR) is 65.6 cm³/mol. The van der Waals surface area contributed by atoms with Crippen LogP contribution in [0.25, 0.3) is 0 Å². The van der Waals surface area contributed by atoms with Crippen molar-refractivity contribution in [3.63, 3.8) is 0 Å². The average molecular weight is 257 g/mol. The van der Waals surface area contributed by atoms with Crippen LogP contribution in [0, 0.1) is 0 Å². The molecule has 0 aliphatic heterocycles. The third-order valence-electron chi connectivity index (χ3n) is 1.90. The number of aromatic carboxylic acids is 1. The molecular formula is C11H15NO4S. The molecule has 0 atom stereocenters. The second-order valence-electron chi connectivity index (χ2n) is 3.38.